The normalized spacial score (nSPS) is 12.0. The van der Waals surface area contributed by atoms with E-state index < -0.39 is 5.97 Å². The van der Waals surface area contributed by atoms with E-state index in [9.17, 15) is 4.79 Å². The number of methoxy groups -OCH3 is 2. The van der Waals surface area contributed by atoms with Crippen molar-refractivity contribution in [2.24, 2.45) is 0 Å². The summed E-state index contributed by atoms with van der Waals surface area (Å²) >= 11 is 0. The Morgan fingerprint density at radius 2 is 2.22 bits per heavy atom. The van der Waals surface area contributed by atoms with E-state index in [1.807, 2.05) is 0 Å². The van der Waals surface area contributed by atoms with Crippen LogP contribution in [0.4, 0.5) is 5.82 Å². The third-order valence-corrected chi connectivity index (χ3v) is 2.43. The summed E-state index contributed by atoms with van der Waals surface area (Å²) in [5.41, 5.74) is 0.997. The average molecular weight is 254 g/mol. The molecule has 0 radical (unpaired) electrons. The van der Waals surface area contributed by atoms with Crippen LogP contribution in [0.15, 0.2) is 12.1 Å². The van der Waals surface area contributed by atoms with Crippen molar-refractivity contribution in [1.29, 1.82) is 0 Å². The van der Waals surface area contributed by atoms with Crippen LogP contribution in [-0.2, 0) is 9.47 Å². The molecule has 1 rings (SSSR count). The number of aromatic nitrogens is 1. The number of nitrogens with one attached hydrogen (secondary N) is 1. The van der Waals surface area contributed by atoms with E-state index in [1.165, 1.54) is 7.11 Å². The van der Waals surface area contributed by atoms with E-state index >= 15 is 0 Å². The first-order chi connectivity index (χ1) is 8.62. The summed E-state index contributed by atoms with van der Waals surface area (Å²) < 4.78 is 9.59. The highest BCUT2D eigenvalue weighted by molar-refractivity contribution is 5.90. The molecule has 6 nitrogen and oxygen atoms in total. The van der Waals surface area contributed by atoms with Gasteiger partial charge in [-0.3, -0.25) is 0 Å². The van der Waals surface area contributed by atoms with Gasteiger partial charge in [-0.15, -0.1) is 0 Å². The molecule has 0 fully saturated rings. The Bertz CT molecular complexity index is 409. The molecule has 0 aliphatic heterocycles. The van der Waals surface area contributed by atoms with E-state index in [1.54, 1.807) is 26.2 Å². The summed E-state index contributed by atoms with van der Waals surface area (Å²) in [6.45, 7) is 2.03. The maximum atomic E-state index is 11.4. The molecule has 1 aromatic rings. The van der Waals surface area contributed by atoms with Gasteiger partial charge in [-0.2, -0.15) is 0 Å². The predicted octanol–water partition coefficient (Wildman–Crippen LogP) is 0.596. The minimum absolute atomic E-state index is 0.0622. The summed E-state index contributed by atoms with van der Waals surface area (Å²) in [6.07, 6.45) is 0. The number of carbonyl (C=O) groups excluding carboxylic acids is 1. The van der Waals surface area contributed by atoms with Crippen molar-refractivity contribution in [3.05, 3.63) is 23.4 Å². The molecule has 0 aromatic carbocycles. The van der Waals surface area contributed by atoms with Crippen molar-refractivity contribution in [2.75, 3.05) is 32.8 Å². The van der Waals surface area contributed by atoms with E-state index in [4.69, 9.17) is 9.84 Å². The van der Waals surface area contributed by atoms with Gasteiger partial charge in [0.15, 0.2) is 0 Å². The molecule has 2 N–H and O–H groups in total. The molecule has 18 heavy (non-hydrogen) atoms. The maximum Gasteiger partial charge on any atom is 0.339 e. The Kier molecular flexibility index (Phi) is 5.54. The second-order valence-corrected chi connectivity index (χ2v) is 3.80. The summed E-state index contributed by atoms with van der Waals surface area (Å²) in [5.74, 6) is 0.165. The molecule has 1 aromatic heterocycles. The number of aliphatic hydroxyl groups excluding tert-OH is 1. The van der Waals surface area contributed by atoms with E-state index in [-0.39, 0.29) is 12.6 Å². The number of pyridine rings is 1. The number of ether oxygens (including phenoxy) is 2. The van der Waals surface area contributed by atoms with Crippen molar-refractivity contribution in [1.82, 2.24) is 4.98 Å². The number of carbonyl (C=O) groups is 1. The van der Waals surface area contributed by atoms with Crippen LogP contribution < -0.4 is 5.32 Å². The van der Waals surface area contributed by atoms with Crippen LogP contribution in [0, 0.1) is 6.92 Å². The number of esters is 1. The molecule has 0 saturated heterocycles. The highest BCUT2D eigenvalue weighted by Crippen LogP contribution is 2.12. The Hall–Kier alpha value is -1.66. The lowest BCUT2D eigenvalue weighted by Crippen LogP contribution is -2.29. The van der Waals surface area contributed by atoms with Crippen LogP contribution in [0.25, 0.3) is 0 Å². The van der Waals surface area contributed by atoms with Gasteiger partial charge in [0.25, 0.3) is 0 Å². The minimum Gasteiger partial charge on any atom is -0.465 e. The third-order valence-electron chi connectivity index (χ3n) is 2.43. The summed E-state index contributed by atoms with van der Waals surface area (Å²) in [6, 6.07) is 3.07. The Balaban J connectivity index is 2.80. The molecule has 1 unspecified atom stereocenters. The number of hydrogen-bond donors (Lipinski definition) is 2. The number of anilines is 1. The van der Waals surface area contributed by atoms with Gasteiger partial charge in [0.1, 0.15) is 5.82 Å². The lowest BCUT2D eigenvalue weighted by Gasteiger charge is -2.16. The highest BCUT2D eigenvalue weighted by atomic mass is 16.5. The molecule has 1 atom stereocenters. The lowest BCUT2D eigenvalue weighted by molar-refractivity contribution is 0.0599. The van der Waals surface area contributed by atoms with Crippen LogP contribution in [0.2, 0.25) is 0 Å². The Morgan fingerprint density at radius 3 is 2.72 bits per heavy atom. The molecule has 0 saturated carbocycles. The zero-order valence-electron chi connectivity index (χ0n) is 10.8. The Labute approximate surface area is 106 Å². The van der Waals surface area contributed by atoms with Gasteiger partial charge >= 0.3 is 5.97 Å². The second-order valence-electron chi connectivity index (χ2n) is 3.80. The molecule has 0 spiro atoms. The van der Waals surface area contributed by atoms with Gasteiger partial charge in [-0.1, -0.05) is 0 Å². The second kappa shape index (κ2) is 6.93. The molecular weight excluding hydrogens is 236 g/mol. The zero-order valence-corrected chi connectivity index (χ0v) is 10.8. The van der Waals surface area contributed by atoms with Crippen molar-refractivity contribution >= 4 is 11.8 Å². The van der Waals surface area contributed by atoms with Crippen molar-refractivity contribution in [3.63, 3.8) is 0 Å². The van der Waals surface area contributed by atoms with Crippen molar-refractivity contribution < 1.29 is 19.4 Å². The first kappa shape index (κ1) is 14.4. The summed E-state index contributed by atoms with van der Waals surface area (Å²) in [7, 11) is 2.89. The van der Waals surface area contributed by atoms with Gasteiger partial charge < -0.3 is 19.9 Å². The fourth-order valence-corrected chi connectivity index (χ4v) is 1.52. The van der Waals surface area contributed by atoms with E-state index in [0.29, 0.717) is 23.7 Å². The topological polar surface area (TPSA) is 80.7 Å². The predicted molar refractivity (Wildman–Crippen MR) is 66.7 cm³/mol. The fourth-order valence-electron chi connectivity index (χ4n) is 1.52. The van der Waals surface area contributed by atoms with Crippen molar-refractivity contribution in [2.45, 2.75) is 13.0 Å². The van der Waals surface area contributed by atoms with Crippen LogP contribution in [-0.4, -0.2) is 49.5 Å². The number of aryl methyl sites for hydroxylation is 1. The number of nitrogens with zero attached hydrogens (tertiary/aromatic N) is 1. The van der Waals surface area contributed by atoms with E-state index in [0.717, 1.165) is 0 Å². The average Bonchev–Trinajstić information content (AvgIpc) is 2.37. The van der Waals surface area contributed by atoms with Gasteiger partial charge in [0.2, 0.25) is 0 Å². The fraction of sp³-hybridized carbons (Fsp3) is 0.500. The van der Waals surface area contributed by atoms with Gasteiger partial charge in [-0.25, -0.2) is 9.78 Å². The lowest BCUT2D eigenvalue weighted by atomic mass is 10.2. The molecule has 6 heteroatoms. The van der Waals surface area contributed by atoms with Crippen LogP contribution >= 0.6 is 0 Å². The highest BCUT2D eigenvalue weighted by Gasteiger charge is 2.12. The van der Waals surface area contributed by atoms with Gasteiger partial charge in [-0.05, 0) is 19.1 Å². The third kappa shape index (κ3) is 3.68. The first-order valence-corrected chi connectivity index (χ1v) is 5.54. The van der Waals surface area contributed by atoms with E-state index in [2.05, 4.69) is 15.0 Å². The quantitative estimate of drug-likeness (QED) is 0.723. The molecule has 0 aliphatic rings. The van der Waals surface area contributed by atoms with Gasteiger partial charge in [0, 0.05) is 7.11 Å². The maximum absolute atomic E-state index is 11.4. The number of hydrogen-bond acceptors (Lipinski definition) is 6. The smallest absolute Gasteiger partial charge is 0.339 e. The van der Waals surface area contributed by atoms with Gasteiger partial charge in [0.05, 0.1) is 37.6 Å². The molecule has 100 valence electrons. The summed E-state index contributed by atoms with van der Waals surface area (Å²) in [4.78, 5) is 15.6. The summed E-state index contributed by atoms with van der Waals surface area (Å²) in [5, 5.41) is 12.1. The van der Waals surface area contributed by atoms with Crippen molar-refractivity contribution in [3.8, 4) is 0 Å². The molecule has 0 bridgehead atoms. The standard InChI is InChI=1S/C12H18N2O4/c1-8-10(12(16)18-3)4-5-11(13-8)14-9(6-15)7-17-2/h4-5,9,15H,6-7H2,1-3H3,(H,13,14). The van der Waals surface area contributed by atoms with Crippen LogP contribution in [0.5, 0.6) is 0 Å². The molecular formula is C12H18N2O4. The van der Waals surface area contributed by atoms with Crippen LogP contribution in [0.1, 0.15) is 16.1 Å². The molecule has 1 heterocycles. The largest absolute Gasteiger partial charge is 0.465 e. The Morgan fingerprint density at radius 1 is 1.50 bits per heavy atom. The minimum atomic E-state index is -0.415. The zero-order chi connectivity index (χ0) is 13.5. The monoisotopic (exact) mass is 254 g/mol. The SMILES string of the molecule is COCC(CO)Nc1ccc(C(=O)OC)c(C)n1. The molecule has 0 aliphatic carbocycles. The number of aliphatic hydroxyl groups is 1. The van der Waals surface area contributed by atoms with Crippen LogP contribution in [0.3, 0.4) is 0 Å². The first-order valence-electron chi connectivity index (χ1n) is 5.54. The number of rotatable bonds is 6. The molecule has 0 amide bonds.